The molecule has 0 spiro atoms. The van der Waals surface area contributed by atoms with Crippen LogP contribution < -0.4 is 5.32 Å². The van der Waals surface area contributed by atoms with Crippen LogP contribution in [-0.2, 0) is 0 Å². The highest BCUT2D eigenvalue weighted by molar-refractivity contribution is 7.81. The first-order chi connectivity index (χ1) is 4.04. The summed E-state index contributed by atoms with van der Waals surface area (Å²) in [7, 11) is 0. The fourth-order valence-corrected chi connectivity index (χ4v) is 0.751. The lowest BCUT2D eigenvalue weighted by Crippen LogP contribution is -2.37. The molecule has 0 saturated heterocycles. The first kappa shape index (κ1) is 9.31. The smallest absolute Gasteiger partial charge is 0.0155 e. The molecule has 0 aromatic carbocycles. The maximum absolute atomic E-state index is 4.31. The Hall–Kier alpha value is 0.310. The quantitative estimate of drug-likeness (QED) is 0.579. The monoisotopic (exact) mass is 147 g/mol. The summed E-state index contributed by atoms with van der Waals surface area (Å²) in [6, 6.07) is 1.07. The van der Waals surface area contributed by atoms with E-state index in [1.807, 2.05) is 0 Å². The molecule has 0 radical (unpaired) electrons. The van der Waals surface area contributed by atoms with Gasteiger partial charge in [-0.25, -0.2) is 0 Å². The van der Waals surface area contributed by atoms with Crippen molar-refractivity contribution in [1.82, 2.24) is 5.32 Å². The van der Waals surface area contributed by atoms with Crippen LogP contribution in [0, 0.1) is 0 Å². The Morgan fingerprint density at radius 2 is 1.56 bits per heavy atom. The second kappa shape index (κ2) is 4.18. The van der Waals surface area contributed by atoms with Gasteiger partial charge in [0.05, 0.1) is 0 Å². The van der Waals surface area contributed by atoms with Crippen LogP contribution in [0.15, 0.2) is 0 Å². The molecule has 0 bridgehead atoms. The zero-order chi connectivity index (χ0) is 7.44. The van der Waals surface area contributed by atoms with Gasteiger partial charge >= 0.3 is 0 Å². The molecule has 0 aliphatic rings. The fourth-order valence-electron chi connectivity index (χ4n) is 0.665. The minimum absolute atomic E-state index is 0.437. The van der Waals surface area contributed by atoms with E-state index in [0.29, 0.717) is 17.3 Å². The highest BCUT2D eigenvalue weighted by Crippen LogP contribution is 2.00. The van der Waals surface area contributed by atoms with Crippen LogP contribution in [-0.4, -0.2) is 17.3 Å². The maximum Gasteiger partial charge on any atom is 0.0155 e. The molecule has 0 aliphatic heterocycles. The van der Waals surface area contributed by atoms with Crippen LogP contribution in [0.1, 0.15) is 27.7 Å². The Morgan fingerprint density at radius 1 is 1.11 bits per heavy atom. The Balaban J connectivity index is 3.38. The number of hydrogen-bond donors (Lipinski definition) is 2. The summed E-state index contributed by atoms with van der Waals surface area (Å²) in [5.41, 5.74) is 0. The lowest BCUT2D eigenvalue weighted by Gasteiger charge is -2.19. The van der Waals surface area contributed by atoms with Crippen LogP contribution in [0.5, 0.6) is 0 Å². The topological polar surface area (TPSA) is 12.0 Å². The van der Waals surface area contributed by atoms with Gasteiger partial charge in [0.25, 0.3) is 0 Å². The van der Waals surface area contributed by atoms with Crippen molar-refractivity contribution in [3.63, 3.8) is 0 Å². The molecular weight excluding hydrogens is 130 g/mol. The Bertz CT molecular complexity index is 71.3. The average molecular weight is 147 g/mol. The molecule has 0 saturated carbocycles. The minimum atomic E-state index is 0.437. The van der Waals surface area contributed by atoms with Gasteiger partial charge in [-0.3, -0.25) is 0 Å². The normalized spacial score (nSPS) is 18.0. The Morgan fingerprint density at radius 3 is 1.67 bits per heavy atom. The van der Waals surface area contributed by atoms with Crippen LogP contribution in [0.4, 0.5) is 0 Å². The second-order valence-electron chi connectivity index (χ2n) is 2.85. The van der Waals surface area contributed by atoms with Gasteiger partial charge in [0, 0.05) is 17.3 Å². The highest BCUT2D eigenvalue weighted by Gasteiger charge is 2.06. The summed E-state index contributed by atoms with van der Waals surface area (Å²) < 4.78 is 0. The SMILES string of the molecule is CC(C)NC(C)C(C)S. The molecule has 0 aromatic heterocycles. The third-order valence-corrected chi connectivity index (χ3v) is 1.77. The van der Waals surface area contributed by atoms with Gasteiger partial charge in [0.2, 0.25) is 0 Å². The number of rotatable bonds is 3. The summed E-state index contributed by atoms with van der Waals surface area (Å²) in [5.74, 6) is 0. The second-order valence-corrected chi connectivity index (χ2v) is 3.67. The molecular formula is C7H17NS. The summed E-state index contributed by atoms with van der Waals surface area (Å²) >= 11 is 4.31. The molecule has 0 fully saturated rings. The van der Waals surface area contributed by atoms with Crippen molar-refractivity contribution >= 4 is 12.6 Å². The molecule has 56 valence electrons. The molecule has 2 unspecified atom stereocenters. The van der Waals surface area contributed by atoms with Crippen molar-refractivity contribution in [3.8, 4) is 0 Å². The predicted molar refractivity (Wildman–Crippen MR) is 46.2 cm³/mol. The fraction of sp³-hybridized carbons (Fsp3) is 1.00. The largest absolute Gasteiger partial charge is 0.311 e. The molecule has 0 amide bonds. The van der Waals surface area contributed by atoms with E-state index in [0.717, 1.165) is 0 Å². The van der Waals surface area contributed by atoms with Gasteiger partial charge in [0.15, 0.2) is 0 Å². The van der Waals surface area contributed by atoms with Gasteiger partial charge in [0.1, 0.15) is 0 Å². The van der Waals surface area contributed by atoms with E-state index in [1.54, 1.807) is 0 Å². The molecule has 0 aliphatic carbocycles. The third-order valence-electron chi connectivity index (χ3n) is 1.32. The van der Waals surface area contributed by atoms with Crippen LogP contribution in [0.2, 0.25) is 0 Å². The van der Waals surface area contributed by atoms with E-state index in [9.17, 15) is 0 Å². The van der Waals surface area contributed by atoms with Crippen LogP contribution >= 0.6 is 12.6 Å². The molecule has 0 heterocycles. The van der Waals surface area contributed by atoms with Crippen molar-refractivity contribution in [3.05, 3.63) is 0 Å². The number of hydrogen-bond acceptors (Lipinski definition) is 2. The van der Waals surface area contributed by atoms with E-state index in [2.05, 4.69) is 45.6 Å². The summed E-state index contributed by atoms with van der Waals surface area (Å²) in [4.78, 5) is 0. The van der Waals surface area contributed by atoms with Crippen LogP contribution in [0.25, 0.3) is 0 Å². The average Bonchev–Trinajstić information content (AvgIpc) is 1.63. The van der Waals surface area contributed by atoms with E-state index in [-0.39, 0.29) is 0 Å². The van der Waals surface area contributed by atoms with Gasteiger partial charge in [-0.1, -0.05) is 20.8 Å². The Labute approximate surface area is 63.6 Å². The summed E-state index contributed by atoms with van der Waals surface area (Å²) in [6.07, 6.45) is 0. The standard InChI is InChI=1S/C7H17NS/c1-5(2)8-6(3)7(4)9/h5-9H,1-4H3. The van der Waals surface area contributed by atoms with E-state index >= 15 is 0 Å². The molecule has 9 heavy (non-hydrogen) atoms. The predicted octanol–water partition coefficient (Wildman–Crippen LogP) is 1.69. The maximum atomic E-state index is 4.31. The Kier molecular flexibility index (Phi) is 4.32. The molecule has 2 heteroatoms. The van der Waals surface area contributed by atoms with Gasteiger partial charge in [-0.05, 0) is 6.92 Å². The first-order valence-electron chi connectivity index (χ1n) is 3.48. The van der Waals surface area contributed by atoms with E-state index < -0.39 is 0 Å². The zero-order valence-electron chi connectivity index (χ0n) is 6.68. The molecule has 2 atom stereocenters. The lowest BCUT2D eigenvalue weighted by atomic mass is 10.2. The summed E-state index contributed by atoms with van der Waals surface area (Å²) in [5, 5.41) is 3.80. The van der Waals surface area contributed by atoms with Crippen LogP contribution in [0.3, 0.4) is 0 Å². The lowest BCUT2D eigenvalue weighted by molar-refractivity contribution is 0.488. The van der Waals surface area contributed by atoms with Gasteiger partial charge < -0.3 is 5.32 Å². The van der Waals surface area contributed by atoms with E-state index in [1.165, 1.54) is 0 Å². The van der Waals surface area contributed by atoms with E-state index in [4.69, 9.17) is 0 Å². The highest BCUT2D eigenvalue weighted by atomic mass is 32.1. The van der Waals surface area contributed by atoms with Crippen molar-refractivity contribution in [1.29, 1.82) is 0 Å². The zero-order valence-corrected chi connectivity index (χ0v) is 7.57. The number of thiol groups is 1. The molecule has 1 N–H and O–H groups in total. The summed E-state index contributed by atoms with van der Waals surface area (Å²) in [6.45, 7) is 8.54. The molecule has 0 rings (SSSR count). The van der Waals surface area contributed by atoms with Crippen molar-refractivity contribution < 1.29 is 0 Å². The van der Waals surface area contributed by atoms with Crippen molar-refractivity contribution in [2.75, 3.05) is 0 Å². The first-order valence-corrected chi connectivity index (χ1v) is 3.99. The molecule has 0 aromatic rings. The minimum Gasteiger partial charge on any atom is -0.311 e. The van der Waals surface area contributed by atoms with Gasteiger partial charge in [-0.2, -0.15) is 12.6 Å². The third kappa shape index (κ3) is 4.79. The van der Waals surface area contributed by atoms with Crippen molar-refractivity contribution in [2.24, 2.45) is 0 Å². The van der Waals surface area contributed by atoms with Crippen molar-refractivity contribution in [2.45, 2.75) is 45.0 Å². The van der Waals surface area contributed by atoms with Gasteiger partial charge in [-0.15, -0.1) is 0 Å². The molecule has 1 nitrogen and oxygen atoms in total. The number of nitrogens with one attached hydrogen (secondary N) is 1.